The van der Waals surface area contributed by atoms with Crippen molar-refractivity contribution in [2.45, 2.75) is 39.7 Å². The molecule has 2 rings (SSSR count). The largest absolute Gasteiger partial charge is 0.480 e. The lowest BCUT2D eigenvalue weighted by molar-refractivity contribution is -0.140. The smallest absolute Gasteiger partial charge is 0.326 e. The van der Waals surface area contributed by atoms with Gasteiger partial charge in [-0.15, -0.1) is 5.10 Å². The zero-order valence-electron chi connectivity index (χ0n) is 14.4. The molecule has 2 N–H and O–H groups in total. The highest BCUT2D eigenvalue weighted by molar-refractivity contribution is 6.32. The van der Waals surface area contributed by atoms with Gasteiger partial charge in [-0.2, -0.15) is 0 Å². The Bertz CT molecular complexity index is 773. The molecule has 0 aliphatic carbocycles. The Hall–Kier alpha value is -2.41. The van der Waals surface area contributed by atoms with Crippen LogP contribution in [-0.4, -0.2) is 37.8 Å². The van der Waals surface area contributed by atoms with Crippen molar-refractivity contribution < 1.29 is 14.7 Å². The second-order valence-electron chi connectivity index (χ2n) is 6.00. The fourth-order valence-corrected chi connectivity index (χ4v) is 2.58. The summed E-state index contributed by atoms with van der Waals surface area (Å²) in [7, 11) is 0. The maximum absolute atomic E-state index is 12.4. The molecular weight excluding hydrogens is 344 g/mol. The van der Waals surface area contributed by atoms with Crippen molar-refractivity contribution in [3.05, 3.63) is 40.9 Å². The molecule has 2 aromatic rings. The third-order valence-electron chi connectivity index (χ3n) is 3.65. The zero-order valence-corrected chi connectivity index (χ0v) is 15.1. The number of carbonyl (C=O) groups excluding carboxylic acids is 1. The number of benzene rings is 1. The average molecular weight is 365 g/mol. The van der Waals surface area contributed by atoms with Crippen LogP contribution in [0, 0.1) is 5.92 Å². The number of carbonyl (C=O) groups is 2. The van der Waals surface area contributed by atoms with E-state index in [0.717, 1.165) is 6.42 Å². The Morgan fingerprint density at radius 1 is 1.32 bits per heavy atom. The minimum absolute atomic E-state index is 0.0738. The van der Waals surface area contributed by atoms with Crippen molar-refractivity contribution in [2.75, 3.05) is 0 Å². The zero-order chi connectivity index (χ0) is 18.6. The maximum Gasteiger partial charge on any atom is 0.326 e. The van der Waals surface area contributed by atoms with E-state index < -0.39 is 17.9 Å². The molecule has 1 amide bonds. The van der Waals surface area contributed by atoms with Gasteiger partial charge in [-0.05, 0) is 24.5 Å². The lowest BCUT2D eigenvalue weighted by Gasteiger charge is -2.16. The minimum Gasteiger partial charge on any atom is -0.480 e. The SMILES string of the molecule is CCCc1nc(C(=O)N[C@@H](C(=O)O)C(C)C)nn1-c1ccccc1Cl. The molecule has 25 heavy (non-hydrogen) atoms. The first-order valence-electron chi connectivity index (χ1n) is 8.09. The van der Waals surface area contributed by atoms with Crippen LogP contribution in [-0.2, 0) is 11.2 Å². The maximum atomic E-state index is 12.4. The van der Waals surface area contributed by atoms with Crippen LogP contribution in [0.3, 0.4) is 0 Å². The number of rotatable bonds is 7. The van der Waals surface area contributed by atoms with E-state index in [-0.39, 0.29) is 11.7 Å². The first-order valence-corrected chi connectivity index (χ1v) is 8.47. The molecule has 8 heteroatoms. The summed E-state index contributed by atoms with van der Waals surface area (Å²) >= 11 is 6.22. The summed E-state index contributed by atoms with van der Waals surface area (Å²) in [6, 6.07) is 6.13. The number of amides is 1. The number of hydrogen-bond donors (Lipinski definition) is 2. The van der Waals surface area contributed by atoms with Gasteiger partial charge in [0.05, 0.1) is 10.7 Å². The molecule has 1 aromatic carbocycles. The van der Waals surface area contributed by atoms with Crippen LogP contribution in [0.15, 0.2) is 24.3 Å². The van der Waals surface area contributed by atoms with E-state index in [1.165, 1.54) is 4.68 Å². The van der Waals surface area contributed by atoms with Gasteiger partial charge in [0, 0.05) is 6.42 Å². The molecule has 0 spiro atoms. The highest BCUT2D eigenvalue weighted by Gasteiger charge is 2.26. The van der Waals surface area contributed by atoms with E-state index in [1.54, 1.807) is 32.0 Å². The molecule has 1 atom stereocenters. The van der Waals surface area contributed by atoms with Crippen molar-refractivity contribution in [1.29, 1.82) is 0 Å². The van der Waals surface area contributed by atoms with Crippen LogP contribution >= 0.6 is 11.6 Å². The topological polar surface area (TPSA) is 97.1 Å². The molecule has 0 aliphatic heterocycles. The number of carboxylic acid groups (broad SMARTS) is 1. The Kier molecular flexibility index (Phi) is 6.14. The number of halogens is 1. The molecule has 1 aromatic heterocycles. The summed E-state index contributed by atoms with van der Waals surface area (Å²) in [5.74, 6) is -1.46. The van der Waals surface area contributed by atoms with Crippen molar-refractivity contribution in [3.63, 3.8) is 0 Å². The second kappa shape index (κ2) is 8.11. The Labute approximate surface area is 151 Å². The Morgan fingerprint density at radius 3 is 2.56 bits per heavy atom. The van der Waals surface area contributed by atoms with Gasteiger partial charge in [0.15, 0.2) is 0 Å². The number of para-hydroxylation sites is 1. The standard InChI is InChI=1S/C17H21ClN4O3/c1-4-7-13-19-15(16(23)20-14(10(2)3)17(24)25)21-22(13)12-9-6-5-8-11(12)18/h5-6,8-10,14H,4,7H2,1-3H3,(H,20,23)(H,24,25)/t14-/m1/s1. The third-order valence-corrected chi connectivity index (χ3v) is 3.97. The molecule has 0 radical (unpaired) electrons. The molecule has 0 fully saturated rings. The molecular formula is C17H21ClN4O3. The van der Waals surface area contributed by atoms with Gasteiger partial charge in [0.25, 0.3) is 5.91 Å². The second-order valence-corrected chi connectivity index (χ2v) is 6.41. The number of aryl methyl sites for hydroxylation is 1. The van der Waals surface area contributed by atoms with E-state index in [1.807, 2.05) is 13.0 Å². The first kappa shape index (κ1) is 18.9. The van der Waals surface area contributed by atoms with Crippen LogP contribution < -0.4 is 5.32 Å². The van der Waals surface area contributed by atoms with Crippen molar-refractivity contribution in [2.24, 2.45) is 5.92 Å². The van der Waals surface area contributed by atoms with Gasteiger partial charge in [0.1, 0.15) is 11.9 Å². The van der Waals surface area contributed by atoms with Crippen molar-refractivity contribution in [1.82, 2.24) is 20.1 Å². The summed E-state index contributed by atoms with van der Waals surface area (Å²) in [6.45, 7) is 5.43. The van der Waals surface area contributed by atoms with Gasteiger partial charge in [-0.1, -0.05) is 44.5 Å². The van der Waals surface area contributed by atoms with Crippen LogP contribution in [0.2, 0.25) is 5.02 Å². The predicted octanol–water partition coefficient (Wildman–Crippen LogP) is 2.71. The normalized spacial score (nSPS) is 12.2. The number of aromatic nitrogens is 3. The summed E-state index contributed by atoms with van der Waals surface area (Å²) in [5, 5.41) is 16.4. The Balaban J connectivity index is 2.37. The van der Waals surface area contributed by atoms with Gasteiger partial charge in [-0.3, -0.25) is 4.79 Å². The number of hydrogen-bond acceptors (Lipinski definition) is 4. The molecule has 0 saturated carbocycles. The van der Waals surface area contributed by atoms with E-state index in [4.69, 9.17) is 11.6 Å². The quantitative estimate of drug-likeness (QED) is 0.787. The highest BCUT2D eigenvalue weighted by Crippen LogP contribution is 2.21. The van der Waals surface area contributed by atoms with E-state index >= 15 is 0 Å². The highest BCUT2D eigenvalue weighted by atomic mass is 35.5. The predicted molar refractivity (Wildman–Crippen MR) is 94.1 cm³/mol. The lowest BCUT2D eigenvalue weighted by atomic mass is 10.1. The van der Waals surface area contributed by atoms with Gasteiger partial charge >= 0.3 is 5.97 Å². The molecule has 0 saturated heterocycles. The molecule has 134 valence electrons. The summed E-state index contributed by atoms with van der Waals surface area (Å²) in [4.78, 5) is 28.0. The van der Waals surface area contributed by atoms with Crippen LogP contribution in [0.5, 0.6) is 0 Å². The number of nitrogens with zero attached hydrogens (tertiary/aromatic N) is 3. The average Bonchev–Trinajstić information content (AvgIpc) is 2.96. The first-order chi connectivity index (χ1) is 11.8. The molecule has 1 heterocycles. The lowest BCUT2D eigenvalue weighted by Crippen LogP contribution is -2.44. The molecule has 0 bridgehead atoms. The van der Waals surface area contributed by atoms with E-state index in [9.17, 15) is 14.7 Å². The van der Waals surface area contributed by atoms with Crippen LogP contribution in [0.25, 0.3) is 5.69 Å². The summed E-state index contributed by atoms with van der Waals surface area (Å²) in [6.07, 6.45) is 1.42. The fourth-order valence-electron chi connectivity index (χ4n) is 2.36. The van der Waals surface area contributed by atoms with Crippen molar-refractivity contribution in [3.8, 4) is 5.69 Å². The molecule has 0 unspecified atom stereocenters. The number of carboxylic acids is 1. The van der Waals surface area contributed by atoms with Gasteiger partial charge in [-0.25, -0.2) is 14.5 Å². The number of aliphatic carboxylic acids is 1. The van der Waals surface area contributed by atoms with Crippen LogP contribution in [0.1, 0.15) is 43.6 Å². The monoisotopic (exact) mass is 364 g/mol. The van der Waals surface area contributed by atoms with Gasteiger partial charge in [0.2, 0.25) is 5.82 Å². The summed E-state index contributed by atoms with van der Waals surface area (Å²) < 4.78 is 1.53. The summed E-state index contributed by atoms with van der Waals surface area (Å²) in [5.41, 5.74) is 0.623. The number of nitrogens with one attached hydrogen (secondary N) is 1. The third kappa shape index (κ3) is 4.36. The van der Waals surface area contributed by atoms with Crippen molar-refractivity contribution >= 4 is 23.5 Å². The van der Waals surface area contributed by atoms with Crippen LogP contribution in [0.4, 0.5) is 0 Å². The Morgan fingerprint density at radius 2 is 2.00 bits per heavy atom. The van der Waals surface area contributed by atoms with E-state index in [2.05, 4.69) is 15.4 Å². The molecule has 0 aliphatic rings. The van der Waals surface area contributed by atoms with Gasteiger partial charge < -0.3 is 10.4 Å². The minimum atomic E-state index is -1.09. The molecule has 7 nitrogen and oxygen atoms in total. The van der Waals surface area contributed by atoms with E-state index in [0.29, 0.717) is 23.0 Å². The fraction of sp³-hybridized carbons (Fsp3) is 0.412.